The van der Waals surface area contributed by atoms with Gasteiger partial charge in [-0.2, -0.15) is 0 Å². The van der Waals surface area contributed by atoms with Crippen molar-refractivity contribution in [2.75, 3.05) is 45.0 Å². The molecule has 2 fully saturated rings. The monoisotopic (exact) mass is 637 g/mol. The third-order valence-electron chi connectivity index (χ3n) is 11.0. The van der Waals surface area contributed by atoms with Crippen LogP contribution in [-0.2, 0) is 20.8 Å². The molecule has 0 radical (unpaired) electrons. The van der Waals surface area contributed by atoms with E-state index in [1.54, 1.807) is 39.2 Å². The number of fused-ring (bicyclic) bond motifs is 3. The number of phenolic OH excluding ortho intramolecular Hbond substituents is 1. The number of rotatable bonds is 7. The highest BCUT2D eigenvalue weighted by Gasteiger charge is 2.63. The maximum atomic E-state index is 14.2. The molecule has 13 nitrogen and oxygen atoms in total. The zero-order valence-electron chi connectivity index (χ0n) is 26.6. The Kier molecular flexibility index (Phi) is 7.72. The molecule has 2 saturated carbocycles. The maximum Gasteiger partial charge on any atom is 0.255 e. The number of nitrogens with one attached hydrogen (secondary N) is 2. The molecule has 248 valence electrons. The highest BCUT2D eigenvalue weighted by molar-refractivity contribution is 6.25. The highest BCUT2D eigenvalue weighted by Crippen LogP contribution is 2.56. The summed E-state index contributed by atoms with van der Waals surface area (Å²) >= 11 is 0. The lowest BCUT2D eigenvalue weighted by atomic mass is 9.58. The number of phenols is 1. The number of aromatic hydroxyl groups is 1. The van der Waals surface area contributed by atoms with Crippen LogP contribution < -0.4 is 21.3 Å². The van der Waals surface area contributed by atoms with Crippen LogP contribution in [0.25, 0.3) is 0 Å². The molecule has 0 bridgehead atoms. The number of Topliss-reactive ketones (excluding diaryl/α,β-unsaturated/α-hetero) is 2. The fraction of sp³-hybridized carbons (Fsp3) is 0.576. The van der Waals surface area contributed by atoms with Gasteiger partial charge in [0.2, 0.25) is 11.7 Å². The van der Waals surface area contributed by atoms with Crippen molar-refractivity contribution in [3.05, 3.63) is 39.9 Å². The Balaban J connectivity index is 1.34. The number of aliphatic hydroxyl groups excluding tert-OH is 2. The van der Waals surface area contributed by atoms with Crippen molar-refractivity contribution in [2.24, 2.45) is 23.0 Å². The molecule has 2 amide bonds. The SMILES string of the molecule is CN(C)c1cc(NC(=O)CNC2CCC3(CC2)CC3)c(O)c2c1C[C@H]1C[C@H]3[C@H](N(C)C)C(O)=C(C(N)=O)C(=O)[C@@]3(O)C(O)=C1C2=O. The van der Waals surface area contributed by atoms with E-state index in [0.717, 1.165) is 25.7 Å². The number of ketones is 2. The standard InChI is InChI=1S/C33H43N5O8/c1-37(2)20-13-19(36-21(39)14-35-16-5-7-32(8-6-16)9-10-32)26(40)23-17(20)11-15-12-18-25(38(3)4)28(42)24(31(34)45)30(44)33(18,46)29(43)22(15)27(23)41/h13,15-16,18,25,35,40,42-43,46H,5-12,14H2,1-4H3,(H2,34,45)(H,36,39)/t15-,18-,25-,33-/m0/s1. The van der Waals surface area contributed by atoms with Gasteiger partial charge in [0.05, 0.1) is 23.8 Å². The molecule has 0 aromatic heterocycles. The molecule has 6 rings (SSSR count). The molecule has 5 aliphatic rings. The lowest BCUT2D eigenvalue weighted by molar-refractivity contribution is -0.148. The molecule has 1 aromatic rings. The van der Waals surface area contributed by atoms with E-state index < -0.39 is 69.7 Å². The van der Waals surface area contributed by atoms with Crippen LogP contribution in [0.4, 0.5) is 11.4 Å². The van der Waals surface area contributed by atoms with E-state index in [9.17, 15) is 39.6 Å². The Morgan fingerprint density at radius 3 is 2.26 bits per heavy atom. The second-order valence-corrected chi connectivity index (χ2v) is 14.2. The summed E-state index contributed by atoms with van der Waals surface area (Å²) in [5, 5.41) is 51.8. The number of allylic oxidation sites excluding steroid dienone is 1. The molecule has 0 aliphatic heterocycles. The van der Waals surface area contributed by atoms with Crippen LogP contribution in [0.2, 0.25) is 0 Å². The minimum atomic E-state index is -2.72. The summed E-state index contributed by atoms with van der Waals surface area (Å²) < 4.78 is 0. The molecule has 46 heavy (non-hydrogen) atoms. The topological polar surface area (TPSA) is 206 Å². The number of carbonyl (C=O) groups excluding carboxylic acids is 4. The minimum absolute atomic E-state index is 0.00810. The van der Waals surface area contributed by atoms with Crippen molar-refractivity contribution in [3.8, 4) is 5.75 Å². The van der Waals surface area contributed by atoms with Gasteiger partial charge in [-0.05, 0) is 88.4 Å². The van der Waals surface area contributed by atoms with Gasteiger partial charge in [-0.15, -0.1) is 0 Å². The average Bonchev–Trinajstić information content (AvgIpc) is 3.74. The zero-order chi connectivity index (χ0) is 33.5. The number of nitrogens with two attached hydrogens (primary N) is 1. The van der Waals surface area contributed by atoms with E-state index in [-0.39, 0.29) is 42.3 Å². The van der Waals surface area contributed by atoms with Gasteiger partial charge in [-0.25, -0.2) is 0 Å². The predicted octanol–water partition coefficient (Wildman–Crippen LogP) is 1.44. The Labute approximate surface area is 267 Å². The van der Waals surface area contributed by atoms with Gasteiger partial charge in [0.25, 0.3) is 5.91 Å². The average molecular weight is 638 g/mol. The van der Waals surface area contributed by atoms with Gasteiger partial charge >= 0.3 is 0 Å². The van der Waals surface area contributed by atoms with Crippen molar-refractivity contribution < 1.29 is 39.6 Å². The Morgan fingerprint density at radius 2 is 1.70 bits per heavy atom. The summed E-state index contributed by atoms with van der Waals surface area (Å²) in [6.07, 6.45) is 7.07. The fourth-order valence-electron chi connectivity index (χ4n) is 8.34. The van der Waals surface area contributed by atoms with Gasteiger partial charge in [0.15, 0.2) is 17.1 Å². The first kappa shape index (κ1) is 32.0. The number of hydrogen-bond donors (Lipinski definition) is 7. The van der Waals surface area contributed by atoms with Crippen molar-refractivity contribution in [3.63, 3.8) is 0 Å². The number of likely N-dealkylation sites (N-methyl/N-ethyl adjacent to an activating group) is 1. The van der Waals surface area contributed by atoms with Gasteiger partial charge < -0.3 is 41.7 Å². The maximum absolute atomic E-state index is 14.2. The smallest absolute Gasteiger partial charge is 0.255 e. The largest absolute Gasteiger partial charge is 0.510 e. The molecule has 5 aliphatic carbocycles. The Morgan fingerprint density at radius 1 is 1.04 bits per heavy atom. The summed E-state index contributed by atoms with van der Waals surface area (Å²) in [4.78, 5) is 56.2. The zero-order valence-corrected chi connectivity index (χ0v) is 26.6. The number of hydrogen-bond acceptors (Lipinski definition) is 11. The van der Waals surface area contributed by atoms with E-state index in [1.807, 2.05) is 0 Å². The van der Waals surface area contributed by atoms with Crippen molar-refractivity contribution in [1.29, 1.82) is 0 Å². The molecule has 13 heteroatoms. The summed E-state index contributed by atoms with van der Waals surface area (Å²) in [5.41, 5.74) is 3.01. The summed E-state index contributed by atoms with van der Waals surface area (Å²) in [5.74, 6) is -7.62. The number of anilines is 2. The van der Waals surface area contributed by atoms with Crippen LogP contribution in [0.1, 0.15) is 60.9 Å². The summed E-state index contributed by atoms with van der Waals surface area (Å²) in [6, 6.07) is 0.773. The van der Waals surface area contributed by atoms with Crippen LogP contribution in [0.15, 0.2) is 28.7 Å². The number of nitrogens with zero attached hydrogens (tertiary/aromatic N) is 2. The molecule has 1 aromatic carbocycles. The number of amides is 2. The van der Waals surface area contributed by atoms with Gasteiger partial charge in [0, 0.05) is 37.3 Å². The van der Waals surface area contributed by atoms with Gasteiger partial charge in [-0.1, -0.05) is 0 Å². The molecule has 8 N–H and O–H groups in total. The van der Waals surface area contributed by atoms with Crippen LogP contribution in [0.5, 0.6) is 5.75 Å². The molecule has 4 atom stereocenters. The Bertz CT molecular complexity index is 1600. The van der Waals surface area contributed by atoms with E-state index >= 15 is 0 Å². The third kappa shape index (κ3) is 4.87. The normalized spacial score (nSPS) is 28.6. The van der Waals surface area contributed by atoms with Crippen molar-refractivity contribution in [1.82, 2.24) is 10.2 Å². The lowest BCUT2D eigenvalue weighted by Gasteiger charge is -2.50. The van der Waals surface area contributed by atoms with E-state index in [4.69, 9.17) is 5.73 Å². The Hall–Kier alpha value is -3.94. The summed E-state index contributed by atoms with van der Waals surface area (Å²) in [6.45, 7) is 0.0274. The first-order chi connectivity index (χ1) is 21.6. The molecular formula is C33H43N5O8. The minimum Gasteiger partial charge on any atom is -0.510 e. The quantitative estimate of drug-likeness (QED) is 0.168. The second-order valence-electron chi connectivity index (χ2n) is 14.2. The first-order valence-corrected chi connectivity index (χ1v) is 15.9. The van der Waals surface area contributed by atoms with Crippen molar-refractivity contribution in [2.45, 2.75) is 69.1 Å². The van der Waals surface area contributed by atoms with Crippen molar-refractivity contribution >= 4 is 34.8 Å². The van der Waals surface area contributed by atoms with Gasteiger partial charge in [0.1, 0.15) is 17.1 Å². The highest BCUT2D eigenvalue weighted by atomic mass is 16.3. The second kappa shape index (κ2) is 11.1. The van der Waals surface area contributed by atoms with E-state index in [2.05, 4.69) is 10.6 Å². The molecule has 0 unspecified atom stereocenters. The number of carbonyl (C=O) groups is 4. The number of benzene rings is 1. The first-order valence-electron chi connectivity index (χ1n) is 15.9. The third-order valence-corrected chi connectivity index (χ3v) is 11.0. The number of aliphatic hydroxyl groups is 3. The van der Waals surface area contributed by atoms with Crippen LogP contribution in [0, 0.1) is 17.3 Å². The number of primary amides is 1. The van der Waals surface area contributed by atoms with E-state index in [0.29, 0.717) is 16.7 Å². The molecular weight excluding hydrogens is 594 g/mol. The lowest BCUT2D eigenvalue weighted by Crippen LogP contribution is -2.63. The van der Waals surface area contributed by atoms with Crippen LogP contribution >= 0.6 is 0 Å². The van der Waals surface area contributed by atoms with Crippen LogP contribution in [0.3, 0.4) is 0 Å². The fourth-order valence-corrected chi connectivity index (χ4v) is 8.34. The van der Waals surface area contributed by atoms with Gasteiger partial charge in [-0.3, -0.25) is 24.1 Å². The predicted molar refractivity (Wildman–Crippen MR) is 169 cm³/mol. The van der Waals surface area contributed by atoms with Crippen LogP contribution in [-0.4, -0.2) is 101 Å². The molecule has 0 saturated heterocycles. The summed E-state index contributed by atoms with van der Waals surface area (Å²) in [7, 11) is 6.69. The molecule has 1 spiro atoms. The molecule has 0 heterocycles. The van der Waals surface area contributed by atoms with E-state index in [1.165, 1.54) is 17.7 Å².